The van der Waals surface area contributed by atoms with Crippen LogP contribution in [-0.2, 0) is 4.79 Å². The molecule has 6 nitrogen and oxygen atoms in total. The standard InChI is InChI=1S/C20H22F2N4O2/c21-16-6-4-13(10-17(16)22)25-19(27)12-24-18-7-5-14(11-15(18)20(23)28)26-8-2-1-3-9-26/h4-7,10-11,24H,1-3,8-9,12H2,(H2,23,28)(H,25,27). The van der Waals surface area contributed by atoms with Crippen molar-refractivity contribution in [3.8, 4) is 0 Å². The summed E-state index contributed by atoms with van der Waals surface area (Å²) in [6.07, 6.45) is 3.41. The number of piperidine rings is 1. The summed E-state index contributed by atoms with van der Waals surface area (Å²) in [5, 5.41) is 5.33. The number of hydrogen-bond acceptors (Lipinski definition) is 4. The highest BCUT2D eigenvalue weighted by Gasteiger charge is 2.16. The van der Waals surface area contributed by atoms with Crippen molar-refractivity contribution in [2.45, 2.75) is 19.3 Å². The molecule has 4 N–H and O–H groups in total. The van der Waals surface area contributed by atoms with Crippen LogP contribution >= 0.6 is 0 Å². The number of hydrogen-bond donors (Lipinski definition) is 3. The Morgan fingerprint density at radius 3 is 2.43 bits per heavy atom. The number of carbonyl (C=O) groups is 2. The zero-order chi connectivity index (χ0) is 20.1. The Morgan fingerprint density at radius 1 is 1.00 bits per heavy atom. The Balaban J connectivity index is 1.66. The third-order valence-corrected chi connectivity index (χ3v) is 4.63. The number of primary amides is 1. The average molecular weight is 388 g/mol. The van der Waals surface area contributed by atoms with Crippen molar-refractivity contribution in [3.05, 3.63) is 53.6 Å². The van der Waals surface area contributed by atoms with Gasteiger partial charge in [0.15, 0.2) is 11.6 Å². The normalized spacial score (nSPS) is 13.9. The van der Waals surface area contributed by atoms with Gasteiger partial charge in [-0.2, -0.15) is 0 Å². The largest absolute Gasteiger partial charge is 0.375 e. The topological polar surface area (TPSA) is 87.5 Å². The molecule has 0 bridgehead atoms. The second-order valence-corrected chi connectivity index (χ2v) is 6.67. The van der Waals surface area contributed by atoms with Gasteiger partial charge in [0.2, 0.25) is 5.91 Å². The molecule has 1 aliphatic heterocycles. The molecule has 0 radical (unpaired) electrons. The molecule has 148 valence electrons. The van der Waals surface area contributed by atoms with Crippen molar-refractivity contribution in [3.63, 3.8) is 0 Å². The van der Waals surface area contributed by atoms with Crippen LogP contribution in [0.3, 0.4) is 0 Å². The van der Waals surface area contributed by atoms with Gasteiger partial charge in [0.1, 0.15) is 0 Å². The lowest BCUT2D eigenvalue weighted by Gasteiger charge is -2.29. The van der Waals surface area contributed by atoms with Crippen molar-refractivity contribution >= 4 is 28.9 Å². The first kappa shape index (κ1) is 19.6. The van der Waals surface area contributed by atoms with E-state index in [-0.39, 0.29) is 12.2 Å². The van der Waals surface area contributed by atoms with Crippen LogP contribution in [0.15, 0.2) is 36.4 Å². The first-order chi connectivity index (χ1) is 13.4. The van der Waals surface area contributed by atoms with Crippen LogP contribution < -0.4 is 21.3 Å². The van der Waals surface area contributed by atoms with Gasteiger partial charge in [-0.25, -0.2) is 8.78 Å². The van der Waals surface area contributed by atoms with Gasteiger partial charge in [-0.1, -0.05) is 0 Å². The molecule has 0 aromatic heterocycles. The maximum atomic E-state index is 13.2. The molecule has 0 atom stereocenters. The maximum absolute atomic E-state index is 13.2. The number of nitrogens with two attached hydrogens (primary N) is 1. The lowest BCUT2D eigenvalue weighted by Crippen LogP contribution is -2.30. The second kappa shape index (κ2) is 8.69. The molecule has 28 heavy (non-hydrogen) atoms. The Labute approximate surface area is 161 Å². The van der Waals surface area contributed by atoms with Crippen LogP contribution in [0, 0.1) is 11.6 Å². The van der Waals surface area contributed by atoms with Crippen molar-refractivity contribution in [2.75, 3.05) is 35.2 Å². The molecule has 3 rings (SSSR count). The average Bonchev–Trinajstić information content (AvgIpc) is 2.69. The zero-order valence-corrected chi connectivity index (χ0v) is 15.3. The lowest BCUT2D eigenvalue weighted by atomic mass is 10.1. The Hall–Kier alpha value is -3.16. The summed E-state index contributed by atoms with van der Waals surface area (Å²) >= 11 is 0. The number of nitrogens with one attached hydrogen (secondary N) is 2. The fourth-order valence-corrected chi connectivity index (χ4v) is 3.19. The predicted octanol–water partition coefficient (Wildman–Crippen LogP) is 3.10. The second-order valence-electron chi connectivity index (χ2n) is 6.67. The molecule has 0 spiro atoms. The Morgan fingerprint density at radius 2 is 1.75 bits per heavy atom. The molecule has 1 saturated heterocycles. The van der Waals surface area contributed by atoms with Gasteiger partial charge in [0.05, 0.1) is 12.1 Å². The maximum Gasteiger partial charge on any atom is 0.250 e. The first-order valence-corrected chi connectivity index (χ1v) is 9.11. The summed E-state index contributed by atoms with van der Waals surface area (Å²) in [5.41, 5.74) is 7.29. The number of benzene rings is 2. The molecule has 1 heterocycles. The number of halogens is 2. The van der Waals surface area contributed by atoms with E-state index in [0.29, 0.717) is 11.3 Å². The van der Waals surface area contributed by atoms with Crippen LogP contribution in [0.2, 0.25) is 0 Å². The van der Waals surface area contributed by atoms with Crippen LogP contribution in [0.4, 0.5) is 25.8 Å². The van der Waals surface area contributed by atoms with E-state index in [9.17, 15) is 18.4 Å². The number of amides is 2. The van der Waals surface area contributed by atoms with E-state index in [0.717, 1.165) is 43.8 Å². The van der Waals surface area contributed by atoms with Crippen molar-refractivity contribution < 1.29 is 18.4 Å². The molecule has 8 heteroatoms. The molecule has 1 aliphatic rings. The van der Waals surface area contributed by atoms with Gasteiger partial charge in [-0.3, -0.25) is 9.59 Å². The van der Waals surface area contributed by atoms with Crippen molar-refractivity contribution in [1.82, 2.24) is 0 Å². The SMILES string of the molecule is NC(=O)c1cc(N2CCCCC2)ccc1NCC(=O)Nc1ccc(F)c(F)c1. The van der Waals surface area contributed by atoms with Gasteiger partial charge in [-0.15, -0.1) is 0 Å². The van der Waals surface area contributed by atoms with E-state index in [2.05, 4.69) is 15.5 Å². The van der Waals surface area contributed by atoms with Crippen molar-refractivity contribution in [2.24, 2.45) is 5.73 Å². The van der Waals surface area contributed by atoms with Gasteiger partial charge >= 0.3 is 0 Å². The highest BCUT2D eigenvalue weighted by Crippen LogP contribution is 2.25. The van der Waals surface area contributed by atoms with Gasteiger partial charge in [0, 0.05) is 36.2 Å². The highest BCUT2D eigenvalue weighted by molar-refractivity contribution is 6.01. The van der Waals surface area contributed by atoms with Crippen LogP contribution in [0.25, 0.3) is 0 Å². The highest BCUT2D eigenvalue weighted by atomic mass is 19.2. The fraction of sp³-hybridized carbons (Fsp3) is 0.300. The monoisotopic (exact) mass is 388 g/mol. The molecule has 0 aliphatic carbocycles. The van der Waals surface area contributed by atoms with E-state index in [1.54, 1.807) is 12.1 Å². The number of carbonyl (C=O) groups excluding carboxylic acids is 2. The van der Waals surface area contributed by atoms with Gasteiger partial charge in [-0.05, 0) is 49.6 Å². The van der Waals surface area contributed by atoms with Crippen LogP contribution in [0.5, 0.6) is 0 Å². The minimum absolute atomic E-state index is 0.140. The zero-order valence-electron chi connectivity index (χ0n) is 15.3. The van der Waals surface area contributed by atoms with E-state index < -0.39 is 23.4 Å². The van der Waals surface area contributed by atoms with Gasteiger partial charge in [0.25, 0.3) is 5.91 Å². The Bertz CT molecular complexity index is 883. The fourth-order valence-electron chi connectivity index (χ4n) is 3.19. The molecule has 2 amide bonds. The lowest BCUT2D eigenvalue weighted by molar-refractivity contribution is -0.114. The molecular weight excluding hydrogens is 366 g/mol. The molecule has 2 aromatic carbocycles. The first-order valence-electron chi connectivity index (χ1n) is 9.11. The summed E-state index contributed by atoms with van der Waals surface area (Å²) in [6, 6.07) is 8.42. The summed E-state index contributed by atoms with van der Waals surface area (Å²) < 4.78 is 26.2. The molecular formula is C20H22F2N4O2. The minimum atomic E-state index is -1.05. The van der Waals surface area contributed by atoms with E-state index in [1.165, 1.54) is 12.5 Å². The quantitative estimate of drug-likeness (QED) is 0.710. The van der Waals surface area contributed by atoms with E-state index in [4.69, 9.17) is 5.73 Å². The number of rotatable bonds is 6. The third-order valence-electron chi connectivity index (χ3n) is 4.63. The Kier molecular flexibility index (Phi) is 6.08. The predicted molar refractivity (Wildman–Crippen MR) is 105 cm³/mol. The summed E-state index contributed by atoms with van der Waals surface area (Å²) in [6.45, 7) is 1.70. The minimum Gasteiger partial charge on any atom is -0.375 e. The molecule has 0 unspecified atom stereocenters. The van der Waals surface area contributed by atoms with Gasteiger partial charge < -0.3 is 21.3 Å². The summed E-state index contributed by atoms with van der Waals surface area (Å²) in [7, 11) is 0. The number of anilines is 3. The number of nitrogens with zero attached hydrogens (tertiary/aromatic N) is 1. The molecule has 1 fully saturated rings. The van der Waals surface area contributed by atoms with E-state index in [1.807, 2.05) is 6.07 Å². The van der Waals surface area contributed by atoms with E-state index >= 15 is 0 Å². The van der Waals surface area contributed by atoms with Crippen molar-refractivity contribution in [1.29, 1.82) is 0 Å². The van der Waals surface area contributed by atoms with Crippen LogP contribution in [0.1, 0.15) is 29.6 Å². The summed E-state index contributed by atoms with van der Waals surface area (Å²) in [4.78, 5) is 26.1. The summed E-state index contributed by atoms with van der Waals surface area (Å²) in [5.74, 6) is -3.10. The van der Waals surface area contributed by atoms with Crippen LogP contribution in [-0.4, -0.2) is 31.4 Å². The molecule has 2 aromatic rings. The molecule has 0 saturated carbocycles. The smallest absolute Gasteiger partial charge is 0.250 e. The third kappa shape index (κ3) is 4.76.